The second-order valence-electron chi connectivity index (χ2n) is 0. The average Bonchev–Trinajstić information content (AvgIpc) is 0. The molecule has 0 aliphatic rings. The van der Waals surface area contributed by atoms with E-state index in [4.69, 9.17) is 0 Å². The van der Waals surface area contributed by atoms with Crippen LogP contribution >= 0.6 is 0 Å². The van der Waals surface area contributed by atoms with Crippen LogP contribution in [0.1, 0.15) is 0 Å². The fraction of sp³-hybridized carbons (Fsp3) is 0. The van der Waals surface area contributed by atoms with Crippen LogP contribution in [0.4, 0.5) is 0 Å². The summed E-state index contributed by atoms with van der Waals surface area (Å²) in [6.07, 6.45) is 0. The summed E-state index contributed by atoms with van der Waals surface area (Å²) in [6, 6.07) is 0. The van der Waals surface area contributed by atoms with Crippen molar-refractivity contribution in [3.05, 3.63) is 14.9 Å². The molecule has 0 heterocycles. The SMILES string of the molecule is [CH3-].[CH3-].[Y].[Y].[Zn].[Zn]. The first-order valence-corrected chi connectivity index (χ1v) is 0. The first-order chi connectivity index (χ1) is 0. The molecular weight excluding hydrogens is 333 g/mol. The molecule has 0 fully saturated rings. The van der Waals surface area contributed by atoms with Gasteiger partial charge in [-0.3, -0.25) is 0 Å². The fourth-order valence-electron chi connectivity index (χ4n) is 0. The molecule has 0 unspecified atom stereocenters. The quantitative estimate of drug-likeness (QED) is 0.455. The van der Waals surface area contributed by atoms with E-state index in [0.717, 1.165) is 0 Å². The van der Waals surface area contributed by atoms with Gasteiger partial charge in [-0.2, -0.15) is 0 Å². The van der Waals surface area contributed by atoms with Gasteiger partial charge < -0.3 is 14.9 Å². The summed E-state index contributed by atoms with van der Waals surface area (Å²) in [5.41, 5.74) is 0. The van der Waals surface area contributed by atoms with Crippen LogP contribution in [0.3, 0.4) is 0 Å². The van der Waals surface area contributed by atoms with Crippen LogP contribution in [0.15, 0.2) is 0 Å². The molecule has 0 aromatic carbocycles. The Morgan fingerprint density at radius 3 is 0.500 bits per heavy atom. The average molecular weight is 339 g/mol. The van der Waals surface area contributed by atoms with E-state index >= 15 is 0 Å². The summed E-state index contributed by atoms with van der Waals surface area (Å²) in [7, 11) is 0. The minimum absolute atomic E-state index is 0. The molecule has 0 atom stereocenters. The first-order valence-electron chi connectivity index (χ1n) is 0. The van der Waals surface area contributed by atoms with E-state index in [1.165, 1.54) is 0 Å². The van der Waals surface area contributed by atoms with Crippen LogP contribution in [0, 0.1) is 14.9 Å². The van der Waals surface area contributed by atoms with Gasteiger partial charge in [0.15, 0.2) is 0 Å². The van der Waals surface area contributed by atoms with Crippen LogP contribution in [0.5, 0.6) is 0 Å². The smallest absolute Gasteiger partial charge is 0 e. The maximum Gasteiger partial charge on any atom is 0 e. The summed E-state index contributed by atoms with van der Waals surface area (Å²) in [5, 5.41) is 0. The van der Waals surface area contributed by atoms with E-state index in [1.54, 1.807) is 0 Å². The molecule has 0 N–H and O–H groups in total. The molecule has 0 rings (SSSR count). The molecule has 0 amide bonds. The Morgan fingerprint density at radius 2 is 0.500 bits per heavy atom. The molecule has 0 saturated carbocycles. The summed E-state index contributed by atoms with van der Waals surface area (Å²) in [4.78, 5) is 0. The molecule has 0 aliphatic carbocycles. The summed E-state index contributed by atoms with van der Waals surface area (Å²) < 4.78 is 0. The first kappa shape index (κ1) is 56.6. The third-order valence-electron chi connectivity index (χ3n) is 0. The topological polar surface area (TPSA) is 0 Å². The molecule has 26 valence electrons. The van der Waals surface area contributed by atoms with Crippen LogP contribution in [-0.4, -0.2) is 0 Å². The largest absolute Gasteiger partial charge is 0.358 e. The van der Waals surface area contributed by atoms with Gasteiger partial charge in [0.1, 0.15) is 0 Å². The summed E-state index contributed by atoms with van der Waals surface area (Å²) in [5.74, 6) is 0. The van der Waals surface area contributed by atoms with Crippen molar-refractivity contribution in [2.45, 2.75) is 0 Å². The minimum Gasteiger partial charge on any atom is -0.358 e. The van der Waals surface area contributed by atoms with Crippen molar-refractivity contribution in [1.82, 2.24) is 0 Å². The zero-order valence-electron chi connectivity index (χ0n) is 4.57. The van der Waals surface area contributed by atoms with Gasteiger partial charge in [0.2, 0.25) is 0 Å². The molecule has 0 aromatic rings. The van der Waals surface area contributed by atoms with Gasteiger partial charge >= 0.3 is 0 Å². The van der Waals surface area contributed by atoms with E-state index in [1.807, 2.05) is 0 Å². The zero-order chi connectivity index (χ0) is 0. The van der Waals surface area contributed by atoms with Gasteiger partial charge in [-0.15, -0.1) is 0 Å². The van der Waals surface area contributed by atoms with Crippen molar-refractivity contribution in [1.29, 1.82) is 0 Å². The van der Waals surface area contributed by atoms with Crippen LogP contribution < -0.4 is 0 Å². The molecule has 2 radical (unpaired) electrons. The Hall–Kier alpha value is 3.45. The Morgan fingerprint density at radius 1 is 0.500 bits per heavy atom. The van der Waals surface area contributed by atoms with Crippen LogP contribution in [0.25, 0.3) is 0 Å². The minimum atomic E-state index is 0. The van der Waals surface area contributed by atoms with Crippen LogP contribution in [0.2, 0.25) is 0 Å². The van der Waals surface area contributed by atoms with Gasteiger partial charge in [-0.25, -0.2) is 0 Å². The Bertz CT molecular complexity index is 9.51. The maximum atomic E-state index is 0. The maximum absolute atomic E-state index is 0. The van der Waals surface area contributed by atoms with Gasteiger partial charge in [-0.1, -0.05) is 0 Å². The van der Waals surface area contributed by atoms with E-state index in [2.05, 4.69) is 0 Å². The normalized spacial score (nSPS) is 0. The Balaban J connectivity index is 0. The van der Waals surface area contributed by atoms with Gasteiger partial charge in [-0.05, 0) is 0 Å². The van der Waals surface area contributed by atoms with Crippen LogP contribution in [-0.2, 0) is 104 Å². The number of rotatable bonds is 0. The van der Waals surface area contributed by atoms with Gasteiger partial charge in [0, 0.05) is 104 Å². The third-order valence-corrected chi connectivity index (χ3v) is 0. The van der Waals surface area contributed by atoms with E-state index in [-0.39, 0.29) is 119 Å². The van der Waals surface area contributed by atoms with Crippen molar-refractivity contribution >= 4 is 0 Å². The molecule has 0 bridgehead atoms. The van der Waals surface area contributed by atoms with E-state index in [9.17, 15) is 0 Å². The van der Waals surface area contributed by atoms with Crippen molar-refractivity contribution in [3.63, 3.8) is 0 Å². The molecule has 0 aromatic heterocycles. The summed E-state index contributed by atoms with van der Waals surface area (Å²) in [6.45, 7) is 0. The monoisotopic (exact) mass is 336 g/mol. The third kappa shape index (κ3) is 26.0. The van der Waals surface area contributed by atoms with E-state index in [0.29, 0.717) is 0 Å². The summed E-state index contributed by atoms with van der Waals surface area (Å²) >= 11 is 0. The molecule has 6 heavy (non-hydrogen) atoms. The molecule has 0 nitrogen and oxygen atoms in total. The van der Waals surface area contributed by atoms with Crippen molar-refractivity contribution in [2.24, 2.45) is 0 Å². The molecule has 0 spiro atoms. The Kier molecular flexibility index (Phi) is 372. The second kappa shape index (κ2) is 39.4. The predicted octanol–water partition coefficient (Wildman–Crippen LogP) is 0.891. The number of hydrogen-bond donors (Lipinski definition) is 0. The Labute approximate surface area is 117 Å². The molecule has 0 saturated heterocycles. The standard InChI is InChI=1S/2CH3.2Y.2Zn/h2*1H3;;;;/q2*-1;;;;. The van der Waals surface area contributed by atoms with Gasteiger partial charge in [0.05, 0.1) is 0 Å². The molecule has 4 heteroatoms. The van der Waals surface area contributed by atoms with E-state index < -0.39 is 0 Å². The number of hydrogen-bond acceptors (Lipinski definition) is 0. The van der Waals surface area contributed by atoms with Crippen molar-refractivity contribution in [3.8, 4) is 0 Å². The zero-order valence-corrected chi connectivity index (χ0v) is 16.2. The molecule has 0 aliphatic heterocycles. The van der Waals surface area contributed by atoms with Crippen molar-refractivity contribution in [2.75, 3.05) is 0 Å². The van der Waals surface area contributed by atoms with Gasteiger partial charge in [0.25, 0.3) is 0 Å². The predicted molar refractivity (Wildman–Crippen MR) is 12.8 cm³/mol. The second-order valence-corrected chi connectivity index (χ2v) is 0. The fourth-order valence-corrected chi connectivity index (χ4v) is 0. The van der Waals surface area contributed by atoms with Crippen molar-refractivity contribution < 1.29 is 104 Å². The molecular formula is C2H6Y2Zn2-2.